The molecule has 0 saturated heterocycles. The van der Waals surface area contributed by atoms with Crippen molar-refractivity contribution >= 4 is 15.9 Å². The second kappa shape index (κ2) is 7.09. The second-order valence-corrected chi connectivity index (χ2v) is 7.43. The van der Waals surface area contributed by atoms with Gasteiger partial charge in [-0.15, -0.1) is 6.42 Å². The van der Waals surface area contributed by atoms with E-state index in [1.807, 2.05) is 0 Å². The molecule has 2 aromatic rings. The molecule has 1 heterocycles. The Morgan fingerprint density at radius 2 is 1.92 bits per heavy atom. The fourth-order valence-electron chi connectivity index (χ4n) is 3.12. The number of terminal acetylenes is 1. The molecule has 2 N–H and O–H groups in total. The molecule has 2 aromatic carbocycles. The first-order chi connectivity index (χ1) is 12.0. The fourth-order valence-corrected chi connectivity index (χ4v) is 4.22. The molecule has 0 aromatic heterocycles. The van der Waals surface area contributed by atoms with E-state index in [-0.39, 0.29) is 10.5 Å². The number of aryl methyl sites for hydroxylation is 1. The molecule has 2 aliphatic rings. The van der Waals surface area contributed by atoms with Gasteiger partial charge in [0.15, 0.2) is 0 Å². The number of sulfonamides is 1. The Labute approximate surface area is 147 Å². The van der Waals surface area contributed by atoms with Crippen LogP contribution < -0.4 is 10.4 Å². The molecule has 0 bridgehead atoms. The van der Waals surface area contributed by atoms with Gasteiger partial charge >= 0.3 is 0 Å². The van der Waals surface area contributed by atoms with Gasteiger partial charge in [0, 0.05) is 23.4 Å². The van der Waals surface area contributed by atoms with Crippen molar-refractivity contribution < 1.29 is 18.8 Å². The number of rotatable bonds is 2. The van der Waals surface area contributed by atoms with Crippen molar-refractivity contribution in [1.29, 1.82) is 0 Å². The maximum absolute atomic E-state index is 11.1. The zero-order valence-electron chi connectivity index (χ0n) is 13.6. The first-order valence-electron chi connectivity index (χ1n) is 7.99. The average Bonchev–Trinajstić information content (AvgIpc) is 3.13. The lowest BCUT2D eigenvalue weighted by atomic mass is 10.1. The fraction of sp³-hybridized carbons (Fsp3) is 0.211. The van der Waals surface area contributed by atoms with Crippen molar-refractivity contribution in [2.75, 3.05) is 6.54 Å². The summed E-state index contributed by atoms with van der Waals surface area (Å²) in [5.74, 6) is 1.99. The van der Waals surface area contributed by atoms with Gasteiger partial charge in [0.05, 0.1) is 4.90 Å². The molecule has 0 spiro atoms. The van der Waals surface area contributed by atoms with Gasteiger partial charge in [-0.25, -0.2) is 0 Å². The van der Waals surface area contributed by atoms with Crippen LogP contribution >= 0.6 is 0 Å². The Morgan fingerprint density at radius 1 is 1.20 bits per heavy atom. The highest BCUT2D eigenvalue weighted by Crippen LogP contribution is 2.27. The number of hydrogen-bond acceptors (Lipinski definition) is 3. The van der Waals surface area contributed by atoms with E-state index < -0.39 is 15.9 Å². The minimum Gasteiger partial charge on any atom is -0.858 e. The molecule has 6 heteroatoms. The maximum Gasteiger partial charge on any atom is 0.282 e. The normalized spacial score (nSPS) is 19.0. The van der Waals surface area contributed by atoms with Crippen LogP contribution in [0.15, 0.2) is 57.8 Å². The predicted molar refractivity (Wildman–Crippen MR) is 93.3 cm³/mol. The molecule has 0 radical (unpaired) electrons. The highest BCUT2D eigenvalue weighted by Gasteiger charge is 2.24. The zero-order chi connectivity index (χ0) is 17.9. The van der Waals surface area contributed by atoms with Crippen molar-refractivity contribution in [1.82, 2.24) is 0 Å². The Balaban J connectivity index is 0.000000146. The molecule has 0 saturated carbocycles. The summed E-state index contributed by atoms with van der Waals surface area (Å²) in [5.41, 5.74) is 3.15. The van der Waals surface area contributed by atoms with Gasteiger partial charge in [-0.3, -0.25) is 0 Å². The Morgan fingerprint density at radius 3 is 2.68 bits per heavy atom. The van der Waals surface area contributed by atoms with Gasteiger partial charge in [0.1, 0.15) is 12.6 Å². The number of nitrogens with two attached hydrogens (primary N) is 1. The van der Waals surface area contributed by atoms with E-state index in [1.165, 1.54) is 36.1 Å². The van der Waals surface area contributed by atoms with E-state index >= 15 is 0 Å². The van der Waals surface area contributed by atoms with Crippen LogP contribution in [0.25, 0.3) is 0 Å². The first-order valence-corrected chi connectivity index (χ1v) is 9.43. The van der Waals surface area contributed by atoms with Crippen molar-refractivity contribution in [2.24, 2.45) is 4.40 Å². The zero-order valence-corrected chi connectivity index (χ0v) is 14.4. The summed E-state index contributed by atoms with van der Waals surface area (Å²) in [6.07, 6.45) is 7.69. The molecule has 0 unspecified atom stereocenters. The van der Waals surface area contributed by atoms with E-state index in [0.717, 1.165) is 6.54 Å². The molecule has 128 valence electrons. The summed E-state index contributed by atoms with van der Waals surface area (Å²) in [5, 5.41) is 13.2. The number of hydrogen-bond donors (Lipinski definition) is 1. The van der Waals surface area contributed by atoms with Crippen molar-refractivity contribution in [3.8, 4) is 12.3 Å². The van der Waals surface area contributed by atoms with E-state index in [2.05, 4.69) is 39.9 Å². The Hall–Kier alpha value is -2.62. The van der Waals surface area contributed by atoms with E-state index in [1.54, 1.807) is 12.1 Å². The van der Waals surface area contributed by atoms with Crippen LogP contribution in [-0.2, 0) is 16.4 Å². The summed E-state index contributed by atoms with van der Waals surface area (Å²) in [7, 11) is -3.68. The molecule has 4 rings (SSSR count). The van der Waals surface area contributed by atoms with Crippen LogP contribution in [-0.4, -0.2) is 20.9 Å². The summed E-state index contributed by atoms with van der Waals surface area (Å²) in [4.78, 5) is 0.00926. The van der Waals surface area contributed by atoms with Gasteiger partial charge < -0.3 is 10.4 Å². The monoisotopic (exact) mass is 354 g/mol. The molecule has 0 amide bonds. The minimum atomic E-state index is -3.68. The van der Waals surface area contributed by atoms with Crippen LogP contribution in [0.2, 0.25) is 0 Å². The SMILES string of the molecule is C#CC[NH2+][C@@H]1CCc2ccccc21.O=S1(=O)N=C([O-])c2ccccc21. The summed E-state index contributed by atoms with van der Waals surface area (Å²) < 4.78 is 25.2. The summed E-state index contributed by atoms with van der Waals surface area (Å²) >= 11 is 0. The number of benzene rings is 2. The van der Waals surface area contributed by atoms with Crippen molar-refractivity contribution in [3.05, 3.63) is 65.2 Å². The van der Waals surface area contributed by atoms with Crippen LogP contribution in [0.3, 0.4) is 0 Å². The highest BCUT2D eigenvalue weighted by atomic mass is 32.2. The second-order valence-electron chi connectivity index (χ2n) is 5.86. The summed E-state index contributed by atoms with van der Waals surface area (Å²) in [6.45, 7) is 0.791. The average molecular weight is 354 g/mol. The van der Waals surface area contributed by atoms with Gasteiger partial charge in [-0.2, -0.15) is 12.8 Å². The highest BCUT2D eigenvalue weighted by molar-refractivity contribution is 7.90. The molecular formula is C19H18N2O3S. The van der Waals surface area contributed by atoms with Gasteiger partial charge in [-0.05, 0) is 24.0 Å². The molecule has 1 aliphatic heterocycles. The third-order valence-electron chi connectivity index (χ3n) is 4.30. The minimum absolute atomic E-state index is 0.00926. The molecule has 5 nitrogen and oxygen atoms in total. The number of quaternary nitrogens is 1. The van der Waals surface area contributed by atoms with Gasteiger partial charge in [-0.1, -0.05) is 42.5 Å². The largest absolute Gasteiger partial charge is 0.858 e. The van der Waals surface area contributed by atoms with E-state index in [9.17, 15) is 13.5 Å². The van der Waals surface area contributed by atoms with Crippen molar-refractivity contribution in [2.45, 2.75) is 23.8 Å². The van der Waals surface area contributed by atoms with Crippen LogP contribution in [0.1, 0.15) is 29.2 Å². The quantitative estimate of drug-likeness (QED) is 0.791. The molecule has 25 heavy (non-hydrogen) atoms. The molecule has 0 fully saturated rings. The lowest BCUT2D eigenvalue weighted by molar-refractivity contribution is -0.685. The lowest BCUT2D eigenvalue weighted by Crippen LogP contribution is -2.84. The Bertz CT molecular complexity index is 959. The van der Waals surface area contributed by atoms with Crippen LogP contribution in [0.5, 0.6) is 0 Å². The number of fused-ring (bicyclic) bond motifs is 2. The number of nitrogens with zero attached hydrogens (tertiary/aromatic N) is 1. The van der Waals surface area contributed by atoms with Crippen LogP contribution in [0, 0.1) is 12.3 Å². The maximum atomic E-state index is 11.1. The molecule has 1 aliphatic carbocycles. The van der Waals surface area contributed by atoms with Gasteiger partial charge in [0.25, 0.3) is 10.0 Å². The lowest BCUT2D eigenvalue weighted by Gasteiger charge is -2.07. The predicted octanol–water partition coefficient (Wildman–Crippen LogP) is 0.366. The van der Waals surface area contributed by atoms with Crippen LogP contribution in [0.4, 0.5) is 0 Å². The van der Waals surface area contributed by atoms with E-state index in [4.69, 9.17) is 6.42 Å². The topological polar surface area (TPSA) is 86.2 Å². The van der Waals surface area contributed by atoms with Crippen molar-refractivity contribution in [3.63, 3.8) is 0 Å². The van der Waals surface area contributed by atoms with E-state index in [0.29, 0.717) is 6.04 Å². The smallest absolute Gasteiger partial charge is 0.282 e. The third-order valence-corrected chi connectivity index (χ3v) is 5.62. The molecular weight excluding hydrogens is 336 g/mol. The third kappa shape index (κ3) is 3.58. The standard InChI is InChI=1S/C12H13N.C7H5NO3S/c1-2-9-13-12-8-7-10-5-3-4-6-11(10)12;9-7-5-3-1-2-4-6(5)12(10,11)8-7/h1,3-6,12-13H,7-9H2;1-4H,(H,8,9)/t12-;/m1./s1. The Kier molecular flexibility index (Phi) is 4.88. The summed E-state index contributed by atoms with van der Waals surface area (Å²) in [6, 6.07) is 15.3. The van der Waals surface area contributed by atoms with Gasteiger partial charge in [0.2, 0.25) is 0 Å². The first kappa shape index (κ1) is 17.2. The molecule has 1 atom stereocenters.